The van der Waals surface area contributed by atoms with Gasteiger partial charge in [-0.15, -0.1) is 0 Å². The molecule has 22 aromatic rings. The minimum absolute atomic E-state index is 0.512. The summed E-state index contributed by atoms with van der Waals surface area (Å²) in [5.74, 6) is 1.66. The fourth-order valence-corrected chi connectivity index (χ4v) is 16.9. The smallest absolute Gasteiger partial charge is 0.238 e. The van der Waals surface area contributed by atoms with Crippen LogP contribution in [0, 0.1) is 0 Å². The van der Waals surface area contributed by atoms with Gasteiger partial charge in [0, 0.05) is 54.8 Å². The third kappa shape index (κ3) is 10.6. The number of benzene rings is 18. The van der Waals surface area contributed by atoms with Crippen LogP contribution in [0.25, 0.3) is 215 Å². The van der Waals surface area contributed by atoms with E-state index in [1.54, 1.807) is 0 Å². The van der Waals surface area contributed by atoms with Crippen LogP contribution in [0.3, 0.4) is 0 Å². The van der Waals surface area contributed by atoms with Gasteiger partial charge in [0.15, 0.2) is 11.6 Å². The van der Waals surface area contributed by atoms with Gasteiger partial charge in [0.05, 0.1) is 33.1 Å². The molecule has 0 unspecified atom stereocenters. The third-order valence-corrected chi connectivity index (χ3v) is 22.4. The first-order chi connectivity index (χ1) is 53.9. The van der Waals surface area contributed by atoms with Gasteiger partial charge < -0.3 is 9.13 Å². The van der Waals surface area contributed by atoms with Gasteiger partial charge in [0.1, 0.15) is 0 Å². The van der Waals surface area contributed by atoms with Crippen molar-refractivity contribution >= 4 is 109 Å². The highest BCUT2D eigenvalue weighted by molar-refractivity contribution is 6.16. The van der Waals surface area contributed by atoms with E-state index in [0.29, 0.717) is 17.6 Å². The van der Waals surface area contributed by atoms with Gasteiger partial charge in [-0.25, -0.2) is 4.98 Å². The van der Waals surface area contributed by atoms with Crippen LogP contribution in [0.2, 0.25) is 0 Å². The molecule has 0 spiro atoms. The monoisotopic (exact) mass is 1380 g/mol. The molecule has 0 aliphatic rings. The summed E-state index contributed by atoms with van der Waals surface area (Å²) in [6.07, 6.45) is 0. The van der Waals surface area contributed by atoms with E-state index < -0.39 is 0 Å². The molecule has 18 aromatic carbocycles. The number of rotatable bonds is 11. The zero-order chi connectivity index (χ0) is 71.6. The SMILES string of the molecule is c1ccc(-c2ccc(-c3nc(-c4ccc(-c5ccccc5)cc4)nc(-n4c5ccc(-n6c7ccc(-c8ccc9ccccc9c8)cc7c7cc(-c8ccc9ccccc9c8)ccc76)cc5c5cc(-n6c7ccc(-c8ccc9ccccc9c8)cc7c7cc(-c8ccc9ccccc9c8)ccc76)ccc54)n3)cc2)cc1. The average molecular weight is 1390 g/mol. The maximum Gasteiger partial charge on any atom is 0.238 e. The molecule has 4 heterocycles. The Morgan fingerprint density at radius 3 is 0.697 bits per heavy atom. The van der Waals surface area contributed by atoms with Crippen molar-refractivity contribution in [2.24, 2.45) is 0 Å². The van der Waals surface area contributed by atoms with E-state index in [9.17, 15) is 0 Å². The van der Waals surface area contributed by atoms with Gasteiger partial charge in [0.25, 0.3) is 0 Å². The van der Waals surface area contributed by atoms with E-state index in [0.717, 1.165) is 111 Å². The van der Waals surface area contributed by atoms with Gasteiger partial charge in [0.2, 0.25) is 5.95 Å². The zero-order valence-electron chi connectivity index (χ0n) is 59.1. The van der Waals surface area contributed by atoms with Crippen LogP contribution in [0.4, 0.5) is 0 Å². The zero-order valence-corrected chi connectivity index (χ0v) is 59.1. The Hall–Kier alpha value is -14.6. The van der Waals surface area contributed by atoms with Crippen molar-refractivity contribution in [3.63, 3.8) is 0 Å². The van der Waals surface area contributed by atoms with Gasteiger partial charge in [-0.05, 0) is 219 Å². The minimum atomic E-state index is 0.512. The Morgan fingerprint density at radius 1 is 0.147 bits per heavy atom. The fraction of sp³-hybridized carbons (Fsp3) is 0. The second-order valence-electron chi connectivity index (χ2n) is 28.8. The van der Waals surface area contributed by atoms with E-state index in [4.69, 9.17) is 15.0 Å². The summed E-state index contributed by atoms with van der Waals surface area (Å²) in [6, 6.07) is 142. The van der Waals surface area contributed by atoms with E-state index in [1.807, 2.05) is 0 Å². The standard InChI is InChI=1S/C103H64N6/c1-3-15-65(16-4-1)71-27-35-73(36-28-71)101-104-102(74-37-29-72(30-38-74)66-17-5-2-6-18-66)106-103(105-101)109-99-53-47-87(107-95-49-43-83(79-39-31-67-19-7-11-23-75(67)55-79)59-89(95)90-60-84(44-50-96(90)107)80-40-32-68-20-8-12-24-76(68)56-80)63-93(99)94-64-88(48-54-100(94)109)108-97-51-45-85(81-41-33-69-21-9-13-25-77(69)57-81)61-91(97)92-62-86(46-52-98(92)108)82-42-34-70-22-10-14-26-78(70)58-82/h1-64H. The van der Waals surface area contributed by atoms with Crippen molar-refractivity contribution in [2.45, 2.75) is 0 Å². The molecule has 6 nitrogen and oxygen atoms in total. The predicted octanol–water partition coefficient (Wildman–Crippen LogP) is 27.1. The lowest BCUT2D eigenvalue weighted by Gasteiger charge is -2.13. The lowest BCUT2D eigenvalue weighted by atomic mass is 9.98. The van der Waals surface area contributed by atoms with Crippen molar-refractivity contribution in [3.05, 3.63) is 388 Å². The van der Waals surface area contributed by atoms with Crippen molar-refractivity contribution < 1.29 is 0 Å². The lowest BCUT2D eigenvalue weighted by Crippen LogP contribution is -2.06. The van der Waals surface area contributed by atoms with Crippen LogP contribution < -0.4 is 0 Å². The van der Waals surface area contributed by atoms with Gasteiger partial charge in [-0.2, -0.15) is 9.97 Å². The summed E-state index contributed by atoms with van der Waals surface area (Å²) < 4.78 is 7.20. The first kappa shape index (κ1) is 61.8. The molecule has 0 aliphatic carbocycles. The Bertz CT molecular complexity index is 6740. The first-order valence-electron chi connectivity index (χ1n) is 37.3. The first-order valence-corrected chi connectivity index (χ1v) is 37.3. The molecular weight excluding hydrogens is 1320 g/mol. The average Bonchev–Trinajstić information content (AvgIpc) is 1.56. The molecule has 0 saturated carbocycles. The molecule has 6 heteroatoms. The lowest BCUT2D eigenvalue weighted by molar-refractivity contribution is 0.953. The van der Waals surface area contributed by atoms with E-state index >= 15 is 0 Å². The highest BCUT2D eigenvalue weighted by atomic mass is 15.2. The van der Waals surface area contributed by atoms with E-state index in [2.05, 4.69) is 402 Å². The quantitative estimate of drug-likeness (QED) is 0.130. The fourth-order valence-electron chi connectivity index (χ4n) is 16.9. The summed E-state index contributed by atoms with van der Waals surface area (Å²) in [6.45, 7) is 0. The van der Waals surface area contributed by atoms with Crippen LogP contribution in [-0.4, -0.2) is 28.7 Å². The topological polar surface area (TPSA) is 53.5 Å². The number of hydrogen-bond acceptors (Lipinski definition) is 3. The molecule has 0 radical (unpaired) electrons. The molecule has 0 N–H and O–H groups in total. The number of hydrogen-bond donors (Lipinski definition) is 0. The second-order valence-corrected chi connectivity index (χ2v) is 28.8. The van der Waals surface area contributed by atoms with Crippen LogP contribution in [0.1, 0.15) is 0 Å². The highest BCUT2D eigenvalue weighted by Gasteiger charge is 2.24. The van der Waals surface area contributed by atoms with Crippen LogP contribution in [0.5, 0.6) is 0 Å². The Balaban J connectivity index is 0.781. The summed E-state index contributed by atoms with van der Waals surface area (Å²) in [7, 11) is 0. The normalized spacial score (nSPS) is 11.9. The van der Waals surface area contributed by atoms with E-state index in [-0.39, 0.29) is 0 Å². The maximum absolute atomic E-state index is 5.58. The Kier molecular flexibility index (Phi) is 14.2. The molecule has 22 rings (SSSR count). The third-order valence-electron chi connectivity index (χ3n) is 22.4. The molecule has 0 amide bonds. The predicted molar refractivity (Wildman–Crippen MR) is 456 cm³/mol. The Morgan fingerprint density at radius 2 is 0.376 bits per heavy atom. The summed E-state index contributed by atoms with van der Waals surface area (Å²) in [5, 5.41) is 16.5. The molecule has 0 bridgehead atoms. The molecule has 506 valence electrons. The Labute approximate surface area is 628 Å². The molecule has 0 fully saturated rings. The summed E-state index contributed by atoms with van der Waals surface area (Å²) in [5.41, 5.74) is 24.0. The minimum Gasteiger partial charge on any atom is -0.309 e. The molecule has 109 heavy (non-hydrogen) atoms. The van der Waals surface area contributed by atoms with Crippen molar-refractivity contribution in [3.8, 4) is 107 Å². The maximum atomic E-state index is 5.58. The second kappa shape index (κ2) is 25.1. The van der Waals surface area contributed by atoms with E-state index in [1.165, 1.54) is 86.9 Å². The summed E-state index contributed by atoms with van der Waals surface area (Å²) in [4.78, 5) is 16.5. The van der Waals surface area contributed by atoms with Crippen molar-refractivity contribution in [1.82, 2.24) is 28.7 Å². The number of aromatic nitrogens is 6. The van der Waals surface area contributed by atoms with Crippen molar-refractivity contribution in [1.29, 1.82) is 0 Å². The molecule has 4 aromatic heterocycles. The number of nitrogens with zero attached hydrogens (tertiary/aromatic N) is 6. The number of fused-ring (bicyclic) bond motifs is 13. The van der Waals surface area contributed by atoms with Crippen LogP contribution >= 0.6 is 0 Å². The van der Waals surface area contributed by atoms with Gasteiger partial charge in [-0.1, -0.05) is 279 Å². The molecule has 0 saturated heterocycles. The van der Waals surface area contributed by atoms with Crippen LogP contribution in [0.15, 0.2) is 388 Å². The van der Waals surface area contributed by atoms with Crippen LogP contribution in [-0.2, 0) is 0 Å². The van der Waals surface area contributed by atoms with Crippen molar-refractivity contribution in [2.75, 3.05) is 0 Å². The molecule has 0 aliphatic heterocycles. The van der Waals surface area contributed by atoms with Gasteiger partial charge in [-0.3, -0.25) is 4.57 Å². The molecular formula is C103H64N6. The summed E-state index contributed by atoms with van der Waals surface area (Å²) >= 11 is 0. The van der Waals surface area contributed by atoms with Gasteiger partial charge >= 0.3 is 0 Å². The largest absolute Gasteiger partial charge is 0.309 e. The highest BCUT2D eigenvalue weighted by Crippen LogP contribution is 2.44. The molecule has 0 atom stereocenters.